The Hall–Kier alpha value is -0.340. The molecule has 1 aliphatic carbocycles. The summed E-state index contributed by atoms with van der Waals surface area (Å²) in [7, 11) is -3.31. The number of ether oxygens (including phenoxy) is 1. The molecule has 12 heteroatoms. The van der Waals surface area contributed by atoms with Crippen LogP contribution in [0.15, 0.2) is 4.99 Å². The highest BCUT2D eigenvalue weighted by Gasteiger charge is 2.50. The molecule has 0 bridgehead atoms. The van der Waals surface area contributed by atoms with Crippen LogP contribution in [0, 0.1) is 11.8 Å². The average Bonchev–Trinajstić information content (AvgIpc) is 3.46. The summed E-state index contributed by atoms with van der Waals surface area (Å²) in [6.07, 6.45) is 3.24. The van der Waals surface area contributed by atoms with Crippen LogP contribution in [0.4, 0.5) is 13.2 Å². The van der Waals surface area contributed by atoms with E-state index in [9.17, 15) is 21.6 Å². The molecule has 1 saturated heterocycles. The Morgan fingerprint density at radius 1 is 1.21 bits per heavy atom. The second-order valence-corrected chi connectivity index (χ2v) is 9.36. The molecule has 0 aromatic carbocycles. The van der Waals surface area contributed by atoms with Gasteiger partial charge in [-0.25, -0.2) is 8.42 Å². The number of halogens is 4. The number of alkyl halides is 3. The highest BCUT2D eigenvalue weighted by Crippen LogP contribution is 2.30. The molecule has 1 heterocycles. The van der Waals surface area contributed by atoms with E-state index in [1.165, 1.54) is 12.8 Å². The first-order chi connectivity index (χ1) is 13.1. The van der Waals surface area contributed by atoms with Gasteiger partial charge < -0.3 is 15.0 Å². The molecule has 29 heavy (non-hydrogen) atoms. The summed E-state index contributed by atoms with van der Waals surface area (Å²) < 4.78 is 67.0. The van der Waals surface area contributed by atoms with Gasteiger partial charge in [0.2, 0.25) is 0 Å². The van der Waals surface area contributed by atoms with Crippen LogP contribution >= 0.6 is 24.0 Å². The van der Waals surface area contributed by atoms with Gasteiger partial charge in [0.25, 0.3) is 0 Å². The molecule has 2 fully saturated rings. The van der Waals surface area contributed by atoms with Gasteiger partial charge in [0.15, 0.2) is 5.96 Å². The van der Waals surface area contributed by atoms with Crippen LogP contribution in [-0.2, 0) is 14.8 Å². The lowest BCUT2D eigenvalue weighted by molar-refractivity contribution is -0.0496. The highest BCUT2D eigenvalue weighted by atomic mass is 127. The Kier molecular flexibility index (Phi) is 10.9. The van der Waals surface area contributed by atoms with Gasteiger partial charge in [-0.2, -0.15) is 17.5 Å². The van der Waals surface area contributed by atoms with Crippen LogP contribution in [-0.4, -0.2) is 82.1 Å². The minimum atomic E-state index is -5.24. The smallest absolute Gasteiger partial charge is 0.379 e. The van der Waals surface area contributed by atoms with E-state index >= 15 is 0 Å². The van der Waals surface area contributed by atoms with Crippen molar-refractivity contribution in [1.82, 2.24) is 14.5 Å². The van der Waals surface area contributed by atoms with Gasteiger partial charge in [0.05, 0.1) is 6.61 Å². The summed E-state index contributed by atoms with van der Waals surface area (Å²) >= 11 is 0. The first kappa shape index (κ1) is 26.7. The Balaban J connectivity index is 0.00000420. The normalized spacial score (nSPS) is 19.7. The number of hydrogen-bond acceptors (Lipinski definition) is 4. The summed E-state index contributed by atoms with van der Waals surface area (Å²) in [5, 5.41) is 3.20. The van der Waals surface area contributed by atoms with Gasteiger partial charge in [-0.05, 0) is 44.4 Å². The van der Waals surface area contributed by atoms with Crippen molar-refractivity contribution < 1.29 is 26.3 Å². The highest BCUT2D eigenvalue weighted by molar-refractivity contribution is 14.0. The molecule has 7 nitrogen and oxygen atoms in total. The fourth-order valence-corrected chi connectivity index (χ4v) is 3.99. The first-order valence-electron chi connectivity index (χ1n) is 9.78. The first-order valence-corrected chi connectivity index (χ1v) is 11.2. The quantitative estimate of drug-likeness (QED) is 0.205. The van der Waals surface area contributed by atoms with Crippen molar-refractivity contribution in [3.05, 3.63) is 0 Å². The zero-order valence-electron chi connectivity index (χ0n) is 16.9. The largest absolute Gasteiger partial charge is 0.511 e. The molecule has 2 rings (SSSR count). The van der Waals surface area contributed by atoms with E-state index in [2.05, 4.69) is 10.3 Å². The molecule has 1 saturated carbocycles. The van der Waals surface area contributed by atoms with Crippen molar-refractivity contribution in [2.75, 3.05) is 53.0 Å². The maximum Gasteiger partial charge on any atom is 0.511 e. The van der Waals surface area contributed by atoms with Crippen LogP contribution in [0.1, 0.15) is 32.6 Å². The Morgan fingerprint density at radius 3 is 2.34 bits per heavy atom. The fourth-order valence-electron chi connectivity index (χ4n) is 3.01. The van der Waals surface area contributed by atoms with Crippen LogP contribution in [0.5, 0.6) is 0 Å². The molecule has 1 N–H and O–H groups in total. The molecule has 0 aromatic heterocycles. The molecule has 1 aliphatic heterocycles. The molecule has 0 radical (unpaired) electrons. The third-order valence-corrected chi connectivity index (χ3v) is 6.65. The van der Waals surface area contributed by atoms with Crippen molar-refractivity contribution in [2.45, 2.75) is 38.1 Å². The lowest BCUT2D eigenvalue weighted by atomic mass is 9.98. The van der Waals surface area contributed by atoms with Crippen molar-refractivity contribution in [1.29, 1.82) is 0 Å². The van der Waals surface area contributed by atoms with Gasteiger partial charge >= 0.3 is 15.5 Å². The summed E-state index contributed by atoms with van der Waals surface area (Å²) in [5.41, 5.74) is -5.24. The number of likely N-dealkylation sites (N-methyl/N-ethyl adjacent to an activating group) is 1. The monoisotopic (exact) mass is 556 g/mol. The summed E-state index contributed by atoms with van der Waals surface area (Å²) in [4.78, 5) is 6.56. The Morgan fingerprint density at radius 2 is 1.83 bits per heavy atom. The maximum atomic E-state index is 12.6. The van der Waals surface area contributed by atoms with Crippen LogP contribution < -0.4 is 5.32 Å². The second-order valence-electron chi connectivity index (χ2n) is 7.43. The van der Waals surface area contributed by atoms with Crippen molar-refractivity contribution in [2.24, 2.45) is 16.8 Å². The molecule has 0 aromatic rings. The number of nitrogens with zero attached hydrogens (tertiary/aromatic N) is 3. The lowest BCUT2D eigenvalue weighted by Crippen LogP contribution is -2.45. The lowest BCUT2D eigenvalue weighted by Gasteiger charge is -2.31. The molecule has 2 aliphatic rings. The van der Waals surface area contributed by atoms with Crippen LogP contribution in [0.3, 0.4) is 0 Å². The standard InChI is InChI=1S/C17H31F3N4O3S.HI/c1-3-21-16(23(2)10-11-27-13-15-4-5-15)22-12-14-6-8-24(9-7-14)28(25,26)17(18,19)20;/h14-15H,3-13H2,1-2H3,(H,21,22);1H. The predicted octanol–water partition coefficient (Wildman–Crippen LogP) is 2.49. The molecule has 0 unspecified atom stereocenters. The van der Waals surface area contributed by atoms with Gasteiger partial charge in [-0.15, -0.1) is 24.0 Å². The molecule has 0 amide bonds. The van der Waals surface area contributed by atoms with E-state index in [0.29, 0.717) is 43.4 Å². The summed E-state index contributed by atoms with van der Waals surface area (Å²) in [6, 6.07) is 0. The van der Waals surface area contributed by atoms with Gasteiger partial charge in [-0.1, -0.05) is 0 Å². The van der Waals surface area contributed by atoms with E-state index in [1.54, 1.807) is 0 Å². The van der Waals surface area contributed by atoms with Crippen molar-refractivity contribution in [3.8, 4) is 0 Å². The zero-order valence-corrected chi connectivity index (χ0v) is 20.1. The number of sulfonamides is 1. The van der Waals surface area contributed by atoms with Gasteiger partial charge in [-0.3, -0.25) is 4.99 Å². The summed E-state index contributed by atoms with van der Waals surface area (Å²) in [5.74, 6) is 1.51. The number of rotatable bonds is 9. The third kappa shape index (κ3) is 8.37. The van der Waals surface area contributed by atoms with Gasteiger partial charge in [0, 0.05) is 46.4 Å². The van der Waals surface area contributed by atoms with E-state index in [-0.39, 0.29) is 43.0 Å². The predicted molar refractivity (Wildman–Crippen MR) is 117 cm³/mol. The van der Waals surface area contributed by atoms with Crippen LogP contribution in [0.2, 0.25) is 0 Å². The second kappa shape index (κ2) is 11.9. The topological polar surface area (TPSA) is 74.2 Å². The molecule has 172 valence electrons. The van der Waals surface area contributed by atoms with Crippen LogP contribution in [0.25, 0.3) is 0 Å². The minimum Gasteiger partial charge on any atom is -0.379 e. The molecule has 0 atom stereocenters. The SMILES string of the molecule is CCNC(=NCC1CCN(S(=O)(=O)C(F)(F)F)CC1)N(C)CCOCC1CC1.I. The van der Waals surface area contributed by atoms with Gasteiger partial charge in [0.1, 0.15) is 0 Å². The van der Waals surface area contributed by atoms with Crippen molar-refractivity contribution in [3.63, 3.8) is 0 Å². The Labute approximate surface area is 188 Å². The molecule has 0 spiro atoms. The van der Waals surface area contributed by atoms with E-state index in [1.807, 2.05) is 18.9 Å². The van der Waals surface area contributed by atoms with E-state index in [0.717, 1.165) is 18.5 Å². The number of nitrogens with one attached hydrogen (secondary N) is 1. The number of hydrogen-bond donors (Lipinski definition) is 1. The summed E-state index contributed by atoms with van der Waals surface area (Å²) in [6.45, 7) is 5.00. The number of piperidine rings is 1. The maximum absolute atomic E-state index is 12.6. The Bertz CT molecular complexity index is 622. The van der Waals surface area contributed by atoms with E-state index in [4.69, 9.17) is 4.74 Å². The third-order valence-electron chi connectivity index (χ3n) is 5.02. The number of aliphatic imine (C=N–C) groups is 1. The molecular weight excluding hydrogens is 524 g/mol. The number of guanidine groups is 1. The fraction of sp³-hybridized carbons (Fsp3) is 0.941. The molecular formula is C17H32F3IN4O3S. The zero-order chi connectivity index (χ0) is 20.8. The van der Waals surface area contributed by atoms with E-state index < -0.39 is 15.5 Å². The minimum absolute atomic E-state index is 0. The average molecular weight is 556 g/mol. The van der Waals surface area contributed by atoms with Crippen molar-refractivity contribution >= 4 is 40.0 Å².